The number of nitrogens with zero attached hydrogens (tertiary/aromatic N) is 3. The van der Waals surface area contributed by atoms with Crippen molar-refractivity contribution in [2.75, 3.05) is 32.4 Å². The molecular weight excluding hydrogens is 256 g/mol. The van der Waals surface area contributed by atoms with E-state index in [0.717, 1.165) is 25.9 Å². The Morgan fingerprint density at radius 1 is 1.35 bits per heavy atom. The molecule has 0 atom stereocenters. The zero-order valence-corrected chi connectivity index (χ0v) is 11.7. The van der Waals surface area contributed by atoms with E-state index in [1.807, 2.05) is 4.90 Å². The molecule has 0 aliphatic carbocycles. The van der Waals surface area contributed by atoms with Gasteiger partial charge in [-0.25, -0.2) is 0 Å². The highest BCUT2D eigenvalue weighted by Gasteiger charge is 2.21. The van der Waals surface area contributed by atoms with Gasteiger partial charge in [-0.2, -0.15) is 0 Å². The summed E-state index contributed by atoms with van der Waals surface area (Å²) in [5.41, 5.74) is 6.77. The minimum atomic E-state index is -0.116. The molecule has 1 aliphatic heterocycles. The average Bonchev–Trinajstić information content (AvgIpc) is 2.95. The van der Waals surface area contributed by atoms with Crippen molar-refractivity contribution >= 4 is 17.5 Å². The average molecular weight is 276 g/mol. The molecular formula is C14H20N4O2. The number of rotatable bonds is 4. The first-order chi connectivity index (χ1) is 9.56. The second kappa shape index (κ2) is 6.36. The Bertz CT molecular complexity index is 480. The van der Waals surface area contributed by atoms with E-state index in [0.29, 0.717) is 11.4 Å². The third-order valence-electron chi connectivity index (χ3n) is 3.44. The van der Waals surface area contributed by atoms with Crippen LogP contribution in [0.3, 0.4) is 0 Å². The lowest BCUT2D eigenvalue weighted by Gasteiger charge is -2.21. The number of carbonyl (C=O) groups excluding carboxylic acids is 2. The number of anilines is 1. The number of hydrogen-bond acceptors (Lipinski definition) is 4. The van der Waals surface area contributed by atoms with Crippen LogP contribution >= 0.6 is 0 Å². The van der Waals surface area contributed by atoms with Gasteiger partial charge in [-0.3, -0.25) is 14.6 Å². The van der Waals surface area contributed by atoms with Crippen molar-refractivity contribution < 1.29 is 9.59 Å². The maximum Gasteiger partial charge on any atom is 0.242 e. The van der Waals surface area contributed by atoms with Gasteiger partial charge < -0.3 is 15.5 Å². The summed E-state index contributed by atoms with van der Waals surface area (Å²) in [5.74, 6) is -0.0987. The monoisotopic (exact) mass is 276 g/mol. The fourth-order valence-electron chi connectivity index (χ4n) is 2.19. The number of hydrogen-bond donors (Lipinski definition) is 1. The summed E-state index contributed by atoms with van der Waals surface area (Å²) >= 11 is 0. The third-order valence-corrected chi connectivity index (χ3v) is 3.44. The van der Waals surface area contributed by atoms with E-state index in [2.05, 4.69) is 4.98 Å². The molecule has 6 nitrogen and oxygen atoms in total. The Kier molecular flexibility index (Phi) is 4.55. The van der Waals surface area contributed by atoms with Crippen molar-refractivity contribution in [1.29, 1.82) is 0 Å². The smallest absolute Gasteiger partial charge is 0.242 e. The van der Waals surface area contributed by atoms with E-state index >= 15 is 0 Å². The molecule has 0 saturated carbocycles. The summed E-state index contributed by atoms with van der Waals surface area (Å²) in [6, 6.07) is 3.44. The molecule has 1 aliphatic rings. The molecule has 1 aromatic heterocycles. The first-order valence-corrected chi connectivity index (χ1v) is 6.78. The Morgan fingerprint density at radius 3 is 2.65 bits per heavy atom. The van der Waals surface area contributed by atoms with Gasteiger partial charge >= 0.3 is 0 Å². The molecule has 2 heterocycles. The van der Waals surface area contributed by atoms with Crippen molar-refractivity contribution in [3.63, 3.8) is 0 Å². The Labute approximate surface area is 118 Å². The summed E-state index contributed by atoms with van der Waals surface area (Å²) in [6.45, 7) is 1.74. The highest BCUT2D eigenvalue weighted by atomic mass is 16.2. The SMILES string of the molecule is CN(CC(=O)N1CCCC1)C(=O)Cc1ccc(N)cn1. The van der Waals surface area contributed by atoms with E-state index in [1.54, 1.807) is 19.2 Å². The van der Waals surface area contributed by atoms with Crippen LogP contribution in [0.5, 0.6) is 0 Å². The van der Waals surface area contributed by atoms with Crippen LogP contribution in [0.1, 0.15) is 18.5 Å². The summed E-state index contributed by atoms with van der Waals surface area (Å²) in [7, 11) is 1.65. The first-order valence-electron chi connectivity index (χ1n) is 6.78. The van der Waals surface area contributed by atoms with Crippen LogP contribution in [0.15, 0.2) is 18.3 Å². The second-order valence-electron chi connectivity index (χ2n) is 5.10. The molecule has 6 heteroatoms. The van der Waals surface area contributed by atoms with Crippen molar-refractivity contribution in [1.82, 2.24) is 14.8 Å². The van der Waals surface area contributed by atoms with E-state index in [-0.39, 0.29) is 24.8 Å². The minimum absolute atomic E-state index is 0.0172. The minimum Gasteiger partial charge on any atom is -0.397 e. The lowest BCUT2D eigenvalue weighted by atomic mass is 10.2. The van der Waals surface area contributed by atoms with Crippen molar-refractivity contribution in [2.24, 2.45) is 0 Å². The number of amides is 2. The third kappa shape index (κ3) is 3.69. The van der Waals surface area contributed by atoms with Gasteiger partial charge in [0, 0.05) is 25.8 Å². The zero-order chi connectivity index (χ0) is 14.5. The van der Waals surface area contributed by atoms with E-state index in [4.69, 9.17) is 5.73 Å². The van der Waals surface area contributed by atoms with Gasteiger partial charge in [-0.15, -0.1) is 0 Å². The van der Waals surface area contributed by atoms with Crippen LogP contribution in [-0.2, 0) is 16.0 Å². The molecule has 1 saturated heterocycles. The molecule has 0 spiro atoms. The summed E-state index contributed by atoms with van der Waals surface area (Å²) in [4.78, 5) is 31.3. The molecule has 20 heavy (non-hydrogen) atoms. The van der Waals surface area contributed by atoms with Crippen molar-refractivity contribution in [3.8, 4) is 0 Å². The van der Waals surface area contributed by atoms with Crippen molar-refractivity contribution in [3.05, 3.63) is 24.0 Å². The summed E-state index contributed by atoms with van der Waals surface area (Å²) in [6.07, 6.45) is 3.82. The number of likely N-dealkylation sites (tertiary alicyclic amines) is 1. The maximum atomic E-state index is 12.0. The van der Waals surface area contributed by atoms with Gasteiger partial charge in [0.2, 0.25) is 11.8 Å². The predicted octanol–water partition coefficient (Wildman–Crippen LogP) is 0.287. The lowest BCUT2D eigenvalue weighted by molar-refractivity contribution is -0.138. The number of likely N-dealkylation sites (N-methyl/N-ethyl adjacent to an activating group) is 1. The summed E-state index contributed by atoms with van der Waals surface area (Å²) in [5, 5.41) is 0. The number of nitrogens with two attached hydrogens (primary N) is 1. The fraction of sp³-hybridized carbons (Fsp3) is 0.500. The van der Waals surface area contributed by atoms with Gasteiger partial charge in [-0.05, 0) is 25.0 Å². The molecule has 0 bridgehead atoms. The molecule has 0 radical (unpaired) electrons. The number of nitrogen functional groups attached to an aromatic ring is 1. The molecule has 0 aromatic carbocycles. The topological polar surface area (TPSA) is 79.5 Å². The molecule has 108 valence electrons. The molecule has 1 fully saturated rings. The van der Waals surface area contributed by atoms with Crippen LogP contribution in [0.4, 0.5) is 5.69 Å². The lowest BCUT2D eigenvalue weighted by Crippen LogP contribution is -2.40. The van der Waals surface area contributed by atoms with Crippen molar-refractivity contribution in [2.45, 2.75) is 19.3 Å². The Balaban J connectivity index is 1.85. The van der Waals surface area contributed by atoms with Crippen LogP contribution < -0.4 is 5.73 Å². The standard InChI is InChI=1S/C14H20N4O2/c1-17(10-14(20)18-6-2-3-7-18)13(19)8-12-5-4-11(15)9-16-12/h4-5,9H,2-3,6-8,10,15H2,1H3. The van der Waals surface area contributed by atoms with E-state index in [9.17, 15) is 9.59 Å². The van der Waals surface area contributed by atoms with Gasteiger partial charge in [0.15, 0.2) is 0 Å². The van der Waals surface area contributed by atoms with Gasteiger partial charge in [0.05, 0.1) is 24.8 Å². The van der Waals surface area contributed by atoms with E-state index < -0.39 is 0 Å². The van der Waals surface area contributed by atoms with Crippen LogP contribution in [0.2, 0.25) is 0 Å². The highest BCUT2D eigenvalue weighted by molar-refractivity contribution is 5.85. The van der Waals surface area contributed by atoms with E-state index in [1.165, 1.54) is 11.1 Å². The molecule has 2 N–H and O–H groups in total. The van der Waals surface area contributed by atoms with Crippen LogP contribution in [0, 0.1) is 0 Å². The Morgan fingerprint density at radius 2 is 2.05 bits per heavy atom. The zero-order valence-electron chi connectivity index (χ0n) is 11.7. The number of aromatic nitrogens is 1. The number of carbonyl (C=O) groups is 2. The quantitative estimate of drug-likeness (QED) is 0.857. The maximum absolute atomic E-state index is 12.0. The molecule has 2 rings (SSSR count). The van der Waals surface area contributed by atoms with Crippen LogP contribution in [-0.4, -0.2) is 53.3 Å². The first kappa shape index (κ1) is 14.3. The van der Waals surface area contributed by atoms with Gasteiger partial charge in [0.1, 0.15) is 0 Å². The molecule has 2 amide bonds. The predicted molar refractivity (Wildman–Crippen MR) is 75.8 cm³/mol. The van der Waals surface area contributed by atoms with Gasteiger partial charge in [0.25, 0.3) is 0 Å². The highest BCUT2D eigenvalue weighted by Crippen LogP contribution is 2.08. The normalized spacial score (nSPS) is 14.3. The number of pyridine rings is 1. The fourth-order valence-corrected chi connectivity index (χ4v) is 2.19. The van der Waals surface area contributed by atoms with Gasteiger partial charge in [-0.1, -0.05) is 0 Å². The summed E-state index contributed by atoms with van der Waals surface area (Å²) < 4.78 is 0. The molecule has 0 unspecified atom stereocenters. The molecule has 1 aromatic rings. The Hall–Kier alpha value is -2.11. The largest absolute Gasteiger partial charge is 0.397 e. The second-order valence-corrected chi connectivity index (χ2v) is 5.10. The van der Waals surface area contributed by atoms with Crippen LogP contribution in [0.25, 0.3) is 0 Å².